The van der Waals surface area contributed by atoms with Gasteiger partial charge in [-0.25, -0.2) is 0 Å². The minimum Gasteiger partial charge on any atom is -0.493 e. The molecule has 0 aromatic heterocycles. The lowest BCUT2D eigenvalue weighted by Gasteiger charge is -2.26. The summed E-state index contributed by atoms with van der Waals surface area (Å²) in [5, 5.41) is 18.9. The molecule has 2 N–H and O–H groups in total. The number of rotatable bonds is 9. The summed E-state index contributed by atoms with van der Waals surface area (Å²) >= 11 is 5.19. The van der Waals surface area contributed by atoms with E-state index in [4.69, 9.17) is 26.4 Å². The Kier molecular flexibility index (Phi) is 9.03. The van der Waals surface area contributed by atoms with Crippen LogP contribution in [0.15, 0.2) is 17.2 Å². The Balaban J connectivity index is 1.93. The molecule has 0 saturated carbocycles. The molecule has 1 fully saturated rings. The Labute approximate surface area is 175 Å². The monoisotopic (exact) mass is 425 g/mol. The van der Waals surface area contributed by atoms with E-state index in [2.05, 4.69) is 20.7 Å². The van der Waals surface area contributed by atoms with Crippen LogP contribution in [0, 0.1) is 10.1 Å². The lowest BCUT2D eigenvalue weighted by molar-refractivity contribution is -0.386. The summed E-state index contributed by atoms with van der Waals surface area (Å²) in [5.41, 5.74) is 3.00. The Hall–Kier alpha value is -2.50. The van der Waals surface area contributed by atoms with Gasteiger partial charge < -0.3 is 19.5 Å². The highest BCUT2D eigenvalue weighted by Gasteiger charge is 2.23. The van der Waals surface area contributed by atoms with E-state index in [1.165, 1.54) is 19.4 Å². The van der Waals surface area contributed by atoms with Gasteiger partial charge in [0.05, 0.1) is 37.6 Å². The maximum atomic E-state index is 11.4. The molecule has 0 bridgehead atoms. The average molecular weight is 426 g/mol. The van der Waals surface area contributed by atoms with Gasteiger partial charge in [-0.1, -0.05) is 0 Å². The van der Waals surface area contributed by atoms with E-state index in [-0.39, 0.29) is 23.3 Å². The second kappa shape index (κ2) is 11.5. The molecule has 11 heteroatoms. The zero-order valence-electron chi connectivity index (χ0n) is 16.8. The van der Waals surface area contributed by atoms with Gasteiger partial charge in [0.1, 0.15) is 0 Å². The first-order chi connectivity index (χ1) is 13.9. The first-order valence-corrected chi connectivity index (χ1v) is 9.71. The number of hydrogen-bond donors (Lipinski definition) is 2. The molecule has 1 saturated heterocycles. The van der Waals surface area contributed by atoms with Crippen molar-refractivity contribution in [3.05, 3.63) is 27.8 Å². The van der Waals surface area contributed by atoms with Crippen LogP contribution in [0.2, 0.25) is 0 Å². The summed E-state index contributed by atoms with van der Waals surface area (Å²) < 4.78 is 16.1. The normalized spacial score (nSPS) is 14.8. The second-order valence-corrected chi connectivity index (χ2v) is 6.98. The van der Waals surface area contributed by atoms with Crippen molar-refractivity contribution in [1.29, 1.82) is 0 Å². The number of hydrogen-bond acceptors (Lipinski definition) is 8. The van der Waals surface area contributed by atoms with E-state index >= 15 is 0 Å². The van der Waals surface area contributed by atoms with Gasteiger partial charge in [0, 0.05) is 37.8 Å². The van der Waals surface area contributed by atoms with E-state index < -0.39 is 4.92 Å². The van der Waals surface area contributed by atoms with Crippen molar-refractivity contribution in [2.45, 2.75) is 20.0 Å². The molecule has 2 rings (SSSR count). The molecule has 0 amide bonds. The molecular formula is C18H27N5O5S. The molecule has 0 aliphatic carbocycles. The fourth-order valence-electron chi connectivity index (χ4n) is 2.68. The number of thiocarbonyl (C=S) groups is 1. The topological polar surface area (TPSA) is 110 Å². The SMILES string of the molecule is COc1cc(/C=N/NC(=S)NCCN2CCOCC2)cc([N+](=O)[O-])c1OC(C)C. The van der Waals surface area contributed by atoms with Crippen LogP contribution in [0.5, 0.6) is 11.5 Å². The van der Waals surface area contributed by atoms with Crippen molar-refractivity contribution in [1.82, 2.24) is 15.6 Å². The molecule has 1 aliphatic heterocycles. The first kappa shape index (κ1) is 22.8. The fraction of sp³-hybridized carbons (Fsp3) is 0.556. The number of nitro groups is 1. The Morgan fingerprint density at radius 1 is 1.45 bits per heavy atom. The zero-order chi connectivity index (χ0) is 21.2. The summed E-state index contributed by atoms with van der Waals surface area (Å²) in [6.07, 6.45) is 1.20. The first-order valence-electron chi connectivity index (χ1n) is 9.30. The zero-order valence-corrected chi connectivity index (χ0v) is 17.7. The lowest BCUT2D eigenvalue weighted by atomic mass is 10.2. The van der Waals surface area contributed by atoms with Crippen molar-refractivity contribution < 1.29 is 19.1 Å². The molecule has 0 radical (unpaired) electrons. The smallest absolute Gasteiger partial charge is 0.315 e. The van der Waals surface area contributed by atoms with Crippen LogP contribution < -0.4 is 20.2 Å². The van der Waals surface area contributed by atoms with Crippen molar-refractivity contribution in [3.8, 4) is 11.5 Å². The van der Waals surface area contributed by atoms with E-state index in [1.54, 1.807) is 19.9 Å². The van der Waals surface area contributed by atoms with E-state index in [0.717, 1.165) is 32.8 Å². The number of benzene rings is 1. The van der Waals surface area contributed by atoms with Crippen molar-refractivity contribution >= 4 is 29.2 Å². The summed E-state index contributed by atoms with van der Waals surface area (Å²) in [4.78, 5) is 13.2. The third-order valence-corrected chi connectivity index (χ3v) is 4.26. The van der Waals surface area contributed by atoms with Gasteiger partial charge in [0.15, 0.2) is 10.9 Å². The highest BCUT2D eigenvalue weighted by molar-refractivity contribution is 7.80. The van der Waals surface area contributed by atoms with Crippen LogP contribution in [0.4, 0.5) is 5.69 Å². The average Bonchev–Trinajstić information content (AvgIpc) is 2.69. The molecule has 1 aromatic rings. The molecular weight excluding hydrogens is 398 g/mol. The van der Waals surface area contributed by atoms with Gasteiger partial charge in [-0.2, -0.15) is 5.10 Å². The summed E-state index contributed by atoms with van der Waals surface area (Å²) in [6.45, 7) is 8.45. The van der Waals surface area contributed by atoms with Crippen LogP contribution in [0.1, 0.15) is 19.4 Å². The standard InChI is InChI=1S/C18H27N5O5S/c1-13(2)28-17-15(23(24)25)10-14(11-16(17)26-3)12-20-21-18(29)19-4-5-22-6-8-27-9-7-22/h10-13H,4-9H2,1-3H3,(H2,19,21,29)/b20-12+. The van der Waals surface area contributed by atoms with Gasteiger partial charge in [0.2, 0.25) is 5.75 Å². The molecule has 10 nitrogen and oxygen atoms in total. The molecule has 0 unspecified atom stereocenters. The van der Waals surface area contributed by atoms with Crippen LogP contribution in [0.25, 0.3) is 0 Å². The maximum Gasteiger partial charge on any atom is 0.315 e. The molecule has 29 heavy (non-hydrogen) atoms. The predicted molar refractivity (Wildman–Crippen MR) is 114 cm³/mol. The molecule has 1 heterocycles. The minimum absolute atomic E-state index is 0.0953. The molecule has 1 aromatic carbocycles. The van der Waals surface area contributed by atoms with Crippen LogP contribution in [-0.2, 0) is 4.74 Å². The van der Waals surface area contributed by atoms with E-state index in [9.17, 15) is 10.1 Å². The number of morpholine rings is 1. The van der Waals surface area contributed by atoms with E-state index in [0.29, 0.717) is 17.2 Å². The number of ether oxygens (including phenoxy) is 3. The van der Waals surface area contributed by atoms with Gasteiger partial charge >= 0.3 is 5.69 Å². The molecule has 1 aliphatic rings. The number of hydrazone groups is 1. The summed E-state index contributed by atoms with van der Waals surface area (Å²) in [7, 11) is 1.43. The van der Waals surface area contributed by atoms with Crippen molar-refractivity contribution in [2.75, 3.05) is 46.5 Å². The highest BCUT2D eigenvalue weighted by Crippen LogP contribution is 2.38. The van der Waals surface area contributed by atoms with Crippen LogP contribution in [0.3, 0.4) is 0 Å². The van der Waals surface area contributed by atoms with Crippen LogP contribution in [-0.4, -0.2) is 73.8 Å². The lowest BCUT2D eigenvalue weighted by Crippen LogP contribution is -2.42. The van der Waals surface area contributed by atoms with E-state index in [1.807, 2.05) is 0 Å². The molecule has 160 valence electrons. The molecule has 0 atom stereocenters. The largest absolute Gasteiger partial charge is 0.493 e. The number of nitrogens with one attached hydrogen (secondary N) is 2. The Bertz CT molecular complexity index is 738. The Morgan fingerprint density at radius 2 is 2.17 bits per heavy atom. The second-order valence-electron chi connectivity index (χ2n) is 6.58. The third-order valence-electron chi connectivity index (χ3n) is 4.02. The highest BCUT2D eigenvalue weighted by atomic mass is 32.1. The Morgan fingerprint density at radius 3 is 2.79 bits per heavy atom. The molecule has 0 spiro atoms. The van der Waals surface area contributed by atoms with Gasteiger partial charge in [0.25, 0.3) is 0 Å². The summed E-state index contributed by atoms with van der Waals surface area (Å²) in [6, 6.07) is 2.99. The van der Waals surface area contributed by atoms with Gasteiger partial charge in [-0.05, 0) is 32.1 Å². The summed E-state index contributed by atoms with van der Waals surface area (Å²) in [5.74, 6) is 0.360. The maximum absolute atomic E-state index is 11.4. The number of methoxy groups -OCH3 is 1. The number of nitro benzene ring substituents is 1. The van der Waals surface area contributed by atoms with Crippen molar-refractivity contribution in [2.24, 2.45) is 5.10 Å². The van der Waals surface area contributed by atoms with Gasteiger partial charge in [-0.15, -0.1) is 0 Å². The predicted octanol–water partition coefficient (Wildman–Crippen LogP) is 1.52. The third kappa shape index (κ3) is 7.44. The van der Waals surface area contributed by atoms with Gasteiger partial charge in [-0.3, -0.25) is 20.4 Å². The van der Waals surface area contributed by atoms with Crippen molar-refractivity contribution in [3.63, 3.8) is 0 Å². The fourth-order valence-corrected chi connectivity index (χ4v) is 2.84. The van der Waals surface area contributed by atoms with Crippen LogP contribution >= 0.6 is 12.2 Å². The number of nitrogens with zero attached hydrogens (tertiary/aromatic N) is 3. The quantitative estimate of drug-likeness (QED) is 0.263. The minimum atomic E-state index is -0.511.